The van der Waals surface area contributed by atoms with Crippen LogP contribution in [-0.4, -0.2) is 103 Å². The Morgan fingerprint density at radius 3 is 2.71 bits per heavy atom. The van der Waals surface area contributed by atoms with Gasteiger partial charge in [0, 0.05) is 38.3 Å². The number of benzene rings is 1. The number of hydrogen-bond donors (Lipinski definition) is 4. The lowest BCUT2D eigenvalue weighted by Gasteiger charge is -2.41. The molecule has 0 spiro atoms. The van der Waals surface area contributed by atoms with E-state index in [1.54, 1.807) is 25.1 Å². The number of amides is 2. The first-order chi connectivity index (χ1) is 18.3. The third-order valence-corrected chi connectivity index (χ3v) is 7.32. The molecule has 0 unspecified atom stereocenters. The van der Waals surface area contributed by atoms with Crippen LogP contribution in [0.25, 0.3) is 0 Å². The molecule has 1 saturated heterocycles. The number of aliphatic hydroxyl groups excluding tert-OH is 3. The van der Waals surface area contributed by atoms with Crippen LogP contribution in [-0.2, 0) is 25.7 Å². The van der Waals surface area contributed by atoms with Crippen LogP contribution in [0.15, 0.2) is 23.8 Å². The molecule has 1 aromatic rings. The molecule has 38 heavy (non-hydrogen) atoms. The second-order valence-corrected chi connectivity index (χ2v) is 10.3. The molecule has 0 radical (unpaired) electrons. The summed E-state index contributed by atoms with van der Waals surface area (Å²) in [6.45, 7) is 2.49. The van der Waals surface area contributed by atoms with E-state index >= 15 is 0 Å². The van der Waals surface area contributed by atoms with E-state index in [0.717, 1.165) is 12.8 Å². The molecule has 1 aromatic carbocycles. The quantitative estimate of drug-likeness (QED) is 0.228. The number of carbonyl (C=O) groups is 2. The highest BCUT2D eigenvalue weighted by Gasteiger charge is 2.42. The summed E-state index contributed by atoms with van der Waals surface area (Å²) in [4.78, 5) is 27.8. The fourth-order valence-corrected chi connectivity index (χ4v) is 5.39. The number of ether oxygens (including phenoxy) is 4. The SMILES string of the molecule is CCOCC(=O)N(C[C@H]1CCCO1)[C@@H]1CC(C(=O)NCCO)=C[C@H](Oc2c(I)cc(CO)cc2OC)[C@H]1O. The summed E-state index contributed by atoms with van der Waals surface area (Å²) in [6, 6.07) is 2.58. The average molecular weight is 648 g/mol. The van der Waals surface area contributed by atoms with Crippen molar-refractivity contribution in [2.45, 2.75) is 57.1 Å². The van der Waals surface area contributed by atoms with Crippen molar-refractivity contribution >= 4 is 34.4 Å². The molecule has 4 N–H and O–H groups in total. The van der Waals surface area contributed by atoms with Crippen LogP contribution in [0, 0.1) is 3.57 Å². The van der Waals surface area contributed by atoms with Gasteiger partial charge in [-0.25, -0.2) is 0 Å². The summed E-state index contributed by atoms with van der Waals surface area (Å²) in [5.74, 6) is -0.0379. The maximum Gasteiger partial charge on any atom is 0.249 e. The largest absolute Gasteiger partial charge is 0.493 e. The number of nitrogens with one attached hydrogen (secondary N) is 1. The zero-order valence-corrected chi connectivity index (χ0v) is 23.9. The molecular weight excluding hydrogens is 611 g/mol. The number of halogens is 1. The minimum Gasteiger partial charge on any atom is -0.493 e. The number of hydrogen-bond acceptors (Lipinski definition) is 9. The molecule has 1 heterocycles. The molecule has 0 bridgehead atoms. The van der Waals surface area contributed by atoms with Crippen molar-refractivity contribution in [3.63, 3.8) is 0 Å². The normalized spacial score (nSPS) is 23.1. The van der Waals surface area contributed by atoms with Gasteiger partial charge in [0.25, 0.3) is 0 Å². The molecule has 2 aliphatic rings. The zero-order chi connectivity index (χ0) is 27.7. The van der Waals surface area contributed by atoms with Crippen LogP contribution in [0.4, 0.5) is 0 Å². The van der Waals surface area contributed by atoms with Crippen molar-refractivity contribution in [1.82, 2.24) is 10.2 Å². The minimum atomic E-state index is -1.19. The van der Waals surface area contributed by atoms with Crippen LogP contribution in [0.3, 0.4) is 0 Å². The van der Waals surface area contributed by atoms with E-state index in [9.17, 15) is 24.9 Å². The maximum atomic E-state index is 13.3. The topological polar surface area (TPSA) is 147 Å². The van der Waals surface area contributed by atoms with Gasteiger partial charge < -0.3 is 44.5 Å². The molecule has 4 atom stereocenters. The van der Waals surface area contributed by atoms with Crippen LogP contribution >= 0.6 is 22.6 Å². The molecule has 12 heteroatoms. The Balaban J connectivity index is 1.97. The smallest absolute Gasteiger partial charge is 0.249 e. The highest BCUT2D eigenvalue weighted by molar-refractivity contribution is 14.1. The van der Waals surface area contributed by atoms with E-state index in [4.69, 9.17) is 18.9 Å². The molecule has 212 valence electrons. The molecule has 0 aromatic heterocycles. The standard InChI is InChI=1S/C26H37IN2O9/c1-3-36-15-23(32)29(13-18-5-4-8-37-18)20-11-17(26(34)28-6-7-30)12-21(24(20)33)38-25-19(27)9-16(14-31)10-22(25)35-2/h9-10,12,18,20-21,24,30-31,33H,3-8,11,13-15H2,1-2H3,(H,28,34)/t18-,20-,21+,24+/m1/s1. The van der Waals surface area contributed by atoms with Crippen molar-refractivity contribution in [2.24, 2.45) is 0 Å². The van der Waals surface area contributed by atoms with E-state index in [1.807, 2.05) is 0 Å². The first-order valence-electron chi connectivity index (χ1n) is 12.7. The number of rotatable bonds is 13. The van der Waals surface area contributed by atoms with Gasteiger partial charge in [0.2, 0.25) is 11.8 Å². The Morgan fingerprint density at radius 2 is 2.08 bits per heavy atom. The lowest BCUT2D eigenvalue weighted by atomic mass is 9.88. The third kappa shape index (κ3) is 7.79. The van der Waals surface area contributed by atoms with Gasteiger partial charge in [0.1, 0.15) is 18.8 Å². The summed E-state index contributed by atoms with van der Waals surface area (Å²) in [5, 5.41) is 32.9. The van der Waals surface area contributed by atoms with Gasteiger partial charge in [-0.05, 0) is 66.1 Å². The Hall–Kier alpha value is -1.97. The van der Waals surface area contributed by atoms with E-state index < -0.39 is 24.2 Å². The molecule has 1 aliphatic heterocycles. The second-order valence-electron chi connectivity index (χ2n) is 9.10. The van der Waals surface area contributed by atoms with Crippen LogP contribution in [0.2, 0.25) is 0 Å². The van der Waals surface area contributed by atoms with E-state index in [2.05, 4.69) is 27.9 Å². The number of methoxy groups -OCH3 is 1. The Labute approximate surface area is 236 Å². The zero-order valence-electron chi connectivity index (χ0n) is 21.7. The van der Waals surface area contributed by atoms with Gasteiger partial charge in [-0.15, -0.1) is 0 Å². The van der Waals surface area contributed by atoms with Crippen molar-refractivity contribution in [2.75, 3.05) is 46.6 Å². The first-order valence-corrected chi connectivity index (χ1v) is 13.8. The van der Waals surface area contributed by atoms with Crippen molar-refractivity contribution < 1.29 is 43.9 Å². The van der Waals surface area contributed by atoms with Gasteiger partial charge in [-0.3, -0.25) is 9.59 Å². The monoisotopic (exact) mass is 648 g/mol. The lowest BCUT2D eigenvalue weighted by Crippen LogP contribution is -2.57. The maximum absolute atomic E-state index is 13.3. The average Bonchev–Trinajstić information content (AvgIpc) is 3.44. The molecule has 1 fully saturated rings. The van der Waals surface area contributed by atoms with Crippen molar-refractivity contribution in [3.8, 4) is 11.5 Å². The van der Waals surface area contributed by atoms with E-state index in [0.29, 0.717) is 39.4 Å². The summed E-state index contributed by atoms with van der Waals surface area (Å²) < 4.78 is 23.5. The summed E-state index contributed by atoms with van der Waals surface area (Å²) >= 11 is 2.05. The van der Waals surface area contributed by atoms with E-state index in [-0.39, 0.29) is 51.3 Å². The minimum absolute atomic E-state index is 0.0617. The van der Waals surface area contributed by atoms with Gasteiger partial charge in [0.15, 0.2) is 11.5 Å². The number of carbonyl (C=O) groups excluding carboxylic acids is 2. The molecule has 11 nitrogen and oxygen atoms in total. The highest BCUT2D eigenvalue weighted by Crippen LogP contribution is 2.37. The molecular formula is C26H37IN2O9. The molecule has 2 amide bonds. The van der Waals surface area contributed by atoms with Crippen LogP contribution in [0.5, 0.6) is 11.5 Å². The van der Waals surface area contributed by atoms with Gasteiger partial charge in [-0.1, -0.05) is 0 Å². The fourth-order valence-electron chi connectivity index (χ4n) is 4.60. The molecule has 1 aliphatic carbocycles. The van der Waals surface area contributed by atoms with Gasteiger partial charge in [0.05, 0.1) is 36.0 Å². The predicted molar refractivity (Wildman–Crippen MR) is 146 cm³/mol. The lowest BCUT2D eigenvalue weighted by molar-refractivity contribution is -0.145. The molecule has 3 rings (SSSR count). The Bertz CT molecular complexity index is 984. The highest BCUT2D eigenvalue weighted by atomic mass is 127. The van der Waals surface area contributed by atoms with E-state index in [1.165, 1.54) is 12.0 Å². The summed E-state index contributed by atoms with van der Waals surface area (Å²) in [5.41, 5.74) is 0.950. The second kappa shape index (κ2) is 15.0. The van der Waals surface area contributed by atoms with Crippen LogP contribution in [0.1, 0.15) is 31.7 Å². The first kappa shape index (κ1) is 30.6. The Morgan fingerprint density at radius 1 is 1.29 bits per heavy atom. The predicted octanol–water partition coefficient (Wildman–Crippen LogP) is 0.752. The van der Waals surface area contributed by atoms with Crippen molar-refractivity contribution in [3.05, 3.63) is 32.9 Å². The molecule has 0 saturated carbocycles. The summed E-state index contributed by atoms with van der Waals surface area (Å²) in [6.07, 6.45) is 0.923. The van der Waals surface area contributed by atoms with Crippen molar-refractivity contribution in [1.29, 1.82) is 0 Å². The number of aliphatic hydroxyl groups is 3. The van der Waals surface area contributed by atoms with Gasteiger partial charge >= 0.3 is 0 Å². The Kier molecular flexibility index (Phi) is 12.1. The number of nitrogens with zero attached hydrogens (tertiary/aromatic N) is 1. The van der Waals surface area contributed by atoms with Gasteiger partial charge in [-0.2, -0.15) is 0 Å². The summed E-state index contributed by atoms with van der Waals surface area (Å²) in [7, 11) is 1.47. The van der Waals surface area contributed by atoms with Crippen LogP contribution < -0.4 is 14.8 Å². The third-order valence-electron chi connectivity index (χ3n) is 6.51. The fraction of sp³-hybridized carbons (Fsp3) is 0.615.